The van der Waals surface area contributed by atoms with Gasteiger partial charge in [0.2, 0.25) is 0 Å². The van der Waals surface area contributed by atoms with Crippen molar-refractivity contribution in [1.82, 2.24) is 0 Å². The van der Waals surface area contributed by atoms with Crippen molar-refractivity contribution >= 4 is 10.5 Å². The van der Waals surface area contributed by atoms with Crippen molar-refractivity contribution in [1.29, 1.82) is 0 Å². The van der Waals surface area contributed by atoms with Crippen LogP contribution >= 0.6 is 0 Å². The van der Waals surface area contributed by atoms with Crippen molar-refractivity contribution in [2.24, 2.45) is 0 Å². The van der Waals surface area contributed by atoms with Gasteiger partial charge in [-0.2, -0.15) is 8.42 Å². The Bertz CT molecular complexity index is 485. The van der Waals surface area contributed by atoms with Crippen molar-refractivity contribution in [2.45, 2.75) is 6.42 Å². The molecule has 2 rings (SSSR count). The first-order valence-corrected chi connectivity index (χ1v) is 5.89. The van der Waals surface area contributed by atoms with Crippen LogP contribution in [0.15, 0.2) is 18.2 Å². The lowest BCUT2D eigenvalue weighted by molar-refractivity contribution is 0.297. The van der Waals surface area contributed by atoms with Gasteiger partial charge in [-0.3, -0.25) is 0 Å². The van der Waals surface area contributed by atoms with E-state index in [0.29, 0.717) is 24.7 Å². The molecule has 1 aliphatic rings. The highest BCUT2D eigenvalue weighted by Gasteiger charge is 2.15. The van der Waals surface area contributed by atoms with Crippen LogP contribution in [0.2, 0.25) is 0 Å². The molecule has 5 nitrogen and oxygen atoms in total. The average molecular weight is 248 g/mol. The third-order valence-corrected chi connectivity index (χ3v) is 2.31. The molecule has 1 heterocycles. The van der Waals surface area contributed by atoms with Crippen molar-refractivity contribution < 1.29 is 26.0 Å². The molecule has 0 N–H and O–H groups in total. The molecule has 1 aromatic rings. The van der Waals surface area contributed by atoms with Crippen LogP contribution in [-0.2, 0) is 10.5 Å². The van der Waals surface area contributed by atoms with Gasteiger partial charge in [-0.15, -0.1) is 0 Å². The zero-order chi connectivity index (χ0) is 11.6. The Morgan fingerprint density at radius 3 is 2.56 bits per heavy atom. The monoisotopic (exact) mass is 248 g/mol. The standard InChI is InChI=1S/C9H9FO5S/c10-16(11,12)15-7-2-3-8-9(6-7)14-5-1-4-13-8/h2-3,6H,1,4-5H2. The number of fused-ring (bicyclic) bond motifs is 1. The fourth-order valence-corrected chi connectivity index (χ4v) is 1.64. The average Bonchev–Trinajstić information content (AvgIpc) is 2.39. The number of rotatable bonds is 2. The first-order chi connectivity index (χ1) is 7.54. The van der Waals surface area contributed by atoms with Gasteiger partial charge in [0.25, 0.3) is 0 Å². The molecule has 0 aromatic heterocycles. The third-order valence-electron chi connectivity index (χ3n) is 1.91. The molecule has 0 saturated carbocycles. The second kappa shape index (κ2) is 4.17. The Balaban J connectivity index is 2.27. The Morgan fingerprint density at radius 1 is 1.19 bits per heavy atom. The molecular formula is C9H9FO5S. The highest BCUT2D eigenvalue weighted by molar-refractivity contribution is 7.81. The maximum absolute atomic E-state index is 12.3. The molecule has 0 bridgehead atoms. The number of halogens is 1. The van der Waals surface area contributed by atoms with Crippen LogP contribution in [0.1, 0.15) is 6.42 Å². The predicted molar refractivity (Wildman–Crippen MR) is 52.7 cm³/mol. The quantitative estimate of drug-likeness (QED) is 0.741. The summed E-state index contributed by atoms with van der Waals surface area (Å²) in [5.41, 5.74) is 0. The molecule has 1 aliphatic heterocycles. The minimum atomic E-state index is -5.01. The first-order valence-electron chi connectivity index (χ1n) is 4.58. The third kappa shape index (κ3) is 2.75. The minimum Gasteiger partial charge on any atom is -0.490 e. The smallest absolute Gasteiger partial charge is 0.488 e. The van der Waals surface area contributed by atoms with E-state index in [1.54, 1.807) is 0 Å². The van der Waals surface area contributed by atoms with Crippen LogP contribution in [0, 0.1) is 0 Å². The minimum absolute atomic E-state index is 0.147. The summed E-state index contributed by atoms with van der Waals surface area (Å²) in [6.45, 7) is 0.980. The lowest BCUT2D eigenvalue weighted by Crippen LogP contribution is -2.01. The van der Waals surface area contributed by atoms with E-state index < -0.39 is 10.5 Å². The molecule has 1 aromatic carbocycles. The molecule has 0 radical (unpaired) electrons. The van der Waals surface area contributed by atoms with Gasteiger partial charge >= 0.3 is 10.5 Å². The van der Waals surface area contributed by atoms with E-state index in [0.717, 1.165) is 6.42 Å². The lowest BCUT2D eigenvalue weighted by atomic mass is 10.3. The zero-order valence-corrected chi connectivity index (χ0v) is 9.00. The molecule has 0 spiro atoms. The summed E-state index contributed by atoms with van der Waals surface area (Å²) in [6.07, 6.45) is 0.728. The zero-order valence-electron chi connectivity index (χ0n) is 8.18. The normalized spacial score (nSPS) is 15.3. The lowest BCUT2D eigenvalue weighted by Gasteiger charge is -2.08. The van der Waals surface area contributed by atoms with E-state index in [2.05, 4.69) is 4.18 Å². The summed E-state index contributed by atoms with van der Waals surface area (Å²) >= 11 is 0. The Morgan fingerprint density at radius 2 is 1.88 bits per heavy atom. The fourth-order valence-electron chi connectivity index (χ4n) is 1.31. The van der Waals surface area contributed by atoms with Crippen molar-refractivity contribution in [3.63, 3.8) is 0 Å². The molecule has 88 valence electrons. The van der Waals surface area contributed by atoms with E-state index in [1.165, 1.54) is 18.2 Å². The number of benzene rings is 1. The van der Waals surface area contributed by atoms with E-state index >= 15 is 0 Å². The van der Waals surface area contributed by atoms with E-state index in [1.807, 2.05) is 0 Å². The molecule has 0 amide bonds. The highest BCUT2D eigenvalue weighted by Crippen LogP contribution is 2.33. The van der Waals surface area contributed by atoms with Crippen LogP contribution < -0.4 is 13.7 Å². The first kappa shape index (κ1) is 11.0. The number of ether oxygens (including phenoxy) is 2. The molecule has 0 atom stereocenters. The highest BCUT2D eigenvalue weighted by atomic mass is 32.3. The summed E-state index contributed by atoms with van der Waals surface area (Å²) < 4.78 is 47.5. The van der Waals surface area contributed by atoms with Gasteiger partial charge in [-0.25, -0.2) is 0 Å². The second-order valence-electron chi connectivity index (χ2n) is 3.14. The maximum Gasteiger partial charge on any atom is 0.488 e. The van der Waals surface area contributed by atoms with Crippen molar-refractivity contribution in [3.05, 3.63) is 18.2 Å². The molecule has 16 heavy (non-hydrogen) atoms. The molecule has 7 heteroatoms. The van der Waals surface area contributed by atoms with E-state index in [9.17, 15) is 12.3 Å². The van der Waals surface area contributed by atoms with Gasteiger partial charge in [0, 0.05) is 12.5 Å². The Kier molecular flexibility index (Phi) is 2.86. The molecule has 0 saturated heterocycles. The summed E-state index contributed by atoms with van der Waals surface area (Å²) in [5, 5.41) is 0. The topological polar surface area (TPSA) is 61.8 Å². The van der Waals surface area contributed by atoms with E-state index in [4.69, 9.17) is 9.47 Å². The summed E-state index contributed by atoms with van der Waals surface area (Å²) in [7, 11) is -5.01. The van der Waals surface area contributed by atoms with Crippen LogP contribution in [0.25, 0.3) is 0 Å². The molecule has 0 unspecified atom stereocenters. The van der Waals surface area contributed by atoms with Crippen molar-refractivity contribution in [2.75, 3.05) is 13.2 Å². The number of hydrogen-bond donors (Lipinski definition) is 0. The molecular weight excluding hydrogens is 239 g/mol. The van der Waals surface area contributed by atoms with Gasteiger partial charge in [-0.1, -0.05) is 3.89 Å². The predicted octanol–water partition coefficient (Wildman–Crippen LogP) is 1.44. The Hall–Kier alpha value is -1.50. The Labute approximate surface area is 92.2 Å². The largest absolute Gasteiger partial charge is 0.490 e. The maximum atomic E-state index is 12.3. The van der Waals surface area contributed by atoms with Crippen LogP contribution in [-0.4, -0.2) is 21.6 Å². The SMILES string of the molecule is O=S(=O)(F)Oc1ccc2c(c1)OCCCO2. The van der Waals surface area contributed by atoms with Crippen molar-refractivity contribution in [3.8, 4) is 17.2 Å². The van der Waals surface area contributed by atoms with Gasteiger partial charge in [-0.05, 0) is 12.1 Å². The van der Waals surface area contributed by atoms with E-state index in [-0.39, 0.29) is 5.75 Å². The second-order valence-corrected chi connectivity index (χ2v) is 4.09. The fraction of sp³-hybridized carbons (Fsp3) is 0.333. The summed E-state index contributed by atoms with van der Waals surface area (Å²) in [6, 6.07) is 4.05. The van der Waals surface area contributed by atoms with Gasteiger partial charge < -0.3 is 13.7 Å². The van der Waals surface area contributed by atoms with Gasteiger partial charge in [0.05, 0.1) is 13.2 Å². The van der Waals surface area contributed by atoms with Crippen LogP contribution in [0.5, 0.6) is 17.2 Å². The van der Waals surface area contributed by atoms with Crippen LogP contribution in [0.3, 0.4) is 0 Å². The van der Waals surface area contributed by atoms with Gasteiger partial charge in [0.15, 0.2) is 11.5 Å². The summed E-state index contributed by atoms with van der Waals surface area (Å²) in [4.78, 5) is 0. The van der Waals surface area contributed by atoms with Crippen LogP contribution in [0.4, 0.5) is 3.89 Å². The molecule has 0 fully saturated rings. The van der Waals surface area contributed by atoms with Gasteiger partial charge in [0.1, 0.15) is 5.75 Å². The number of hydrogen-bond acceptors (Lipinski definition) is 5. The summed E-state index contributed by atoms with van der Waals surface area (Å²) in [5.74, 6) is 0.687. The molecule has 0 aliphatic carbocycles.